The highest BCUT2D eigenvalue weighted by atomic mass is 32.2. The Balaban J connectivity index is 1.69. The van der Waals surface area contributed by atoms with E-state index in [1.807, 2.05) is 30.3 Å². The maximum absolute atomic E-state index is 12.3. The zero-order valence-electron chi connectivity index (χ0n) is 11.3. The molecule has 5 heteroatoms. The first-order valence-electron chi connectivity index (χ1n) is 6.69. The van der Waals surface area contributed by atoms with Gasteiger partial charge in [-0.2, -0.15) is 0 Å². The minimum atomic E-state index is -3.35. The van der Waals surface area contributed by atoms with Gasteiger partial charge in [-0.25, -0.2) is 13.4 Å². The highest BCUT2D eigenvalue weighted by Gasteiger charge is 2.27. The Hall–Kier alpha value is -2.14. The van der Waals surface area contributed by atoms with Crippen molar-refractivity contribution in [3.8, 4) is 0 Å². The summed E-state index contributed by atoms with van der Waals surface area (Å²) in [5, 5.41) is 0. The fourth-order valence-corrected chi connectivity index (χ4v) is 3.64. The molecular formula is C16H15NO3S. The summed E-state index contributed by atoms with van der Waals surface area (Å²) in [6, 6.07) is 17.9. The van der Waals surface area contributed by atoms with E-state index >= 15 is 0 Å². The maximum Gasteiger partial charge on any atom is 0.216 e. The molecule has 1 atom stereocenters. The molecule has 0 N–H and O–H groups in total. The first kappa shape index (κ1) is 13.8. The zero-order chi connectivity index (χ0) is 14.7. The van der Waals surface area contributed by atoms with Crippen molar-refractivity contribution in [3.63, 3.8) is 0 Å². The van der Waals surface area contributed by atoms with Gasteiger partial charge in [0.15, 0.2) is 9.84 Å². The predicted octanol–water partition coefficient (Wildman–Crippen LogP) is 2.31. The van der Waals surface area contributed by atoms with Crippen LogP contribution in [0.3, 0.4) is 0 Å². The van der Waals surface area contributed by atoms with Crippen molar-refractivity contribution in [1.82, 2.24) is 0 Å². The average Bonchev–Trinajstić information content (AvgIpc) is 2.97. The standard InChI is InChI=1S/C16H15NO3S/c18-21(19,15-9-5-2-6-10-15)12-14-11-17-16(20-14)13-7-3-1-4-8-13/h1-10,14H,11-12H2. The monoisotopic (exact) mass is 301 g/mol. The van der Waals surface area contributed by atoms with Crippen LogP contribution in [0.15, 0.2) is 70.6 Å². The Labute approximate surface area is 124 Å². The second kappa shape index (κ2) is 5.69. The number of aliphatic imine (C=N–C) groups is 1. The van der Waals surface area contributed by atoms with E-state index in [1.165, 1.54) is 0 Å². The van der Waals surface area contributed by atoms with E-state index < -0.39 is 15.9 Å². The highest BCUT2D eigenvalue weighted by Crippen LogP contribution is 2.17. The molecule has 0 aliphatic carbocycles. The van der Waals surface area contributed by atoms with E-state index in [-0.39, 0.29) is 5.75 Å². The third kappa shape index (κ3) is 3.13. The number of sulfone groups is 1. The van der Waals surface area contributed by atoms with E-state index in [4.69, 9.17) is 4.74 Å². The SMILES string of the molecule is O=S(=O)(CC1CN=C(c2ccccc2)O1)c1ccccc1. The van der Waals surface area contributed by atoms with Gasteiger partial charge in [0.25, 0.3) is 0 Å². The molecule has 3 rings (SSSR count). The van der Waals surface area contributed by atoms with Crippen molar-refractivity contribution in [2.24, 2.45) is 4.99 Å². The van der Waals surface area contributed by atoms with Crippen LogP contribution in [0.2, 0.25) is 0 Å². The van der Waals surface area contributed by atoms with E-state index in [9.17, 15) is 8.42 Å². The van der Waals surface area contributed by atoms with Crippen molar-refractivity contribution in [2.75, 3.05) is 12.3 Å². The second-order valence-electron chi connectivity index (χ2n) is 4.85. The molecule has 1 unspecified atom stereocenters. The summed E-state index contributed by atoms with van der Waals surface area (Å²) >= 11 is 0. The van der Waals surface area contributed by atoms with Crippen molar-refractivity contribution >= 4 is 15.7 Å². The fraction of sp³-hybridized carbons (Fsp3) is 0.188. The van der Waals surface area contributed by atoms with Gasteiger partial charge in [0.05, 0.1) is 17.2 Å². The number of hydrogen-bond donors (Lipinski definition) is 0. The minimum Gasteiger partial charge on any atom is -0.471 e. The lowest BCUT2D eigenvalue weighted by atomic mass is 10.2. The van der Waals surface area contributed by atoms with Crippen LogP contribution in [-0.4, -0.2) is 32.7 Å². The van der Waals surface area contributed by atoms with Crippen LogP contribution in [0.25, 0.3) is 0 Å². The number of hydrogen-bond acceptors (Lipinski definition) is 4. The molecule has 0 radical (unpaired) electrons. The molecule has 108 valence electrons. The molecule has 21 heavy (non-hydrogen) atoms. The molecule has 2 aromatic rings. The van der Waals surface area contributed by atoms with Crippen LogP contribution >= 0.6 is 0 Å². The van der Waals surface area contributed by atoms with Gasteiger partial charge in [0, 0.05) is 5.56 Å². The fourth-order valence-electron chi connectivity index (χ4n) is 2.21. The van der Waals surface area contributed by atoms with E-state index in [0.717, 1.165) is 5.56 Å². The van der Waals surface area contributed by atoms with Crippen LogP contribution < -0.4 is 0 Å². The zero-order valence-corrected chi connectivity index (χ0v) is 12.2. The van der Waals surface area contributed by atoms with Crippen LogP contribution in [-0.2, 0) is 14.6 Å². The van der Waals surface area contributed by atoms with Crippen LogP contribution in [0, 0.1) is 0 Å². The molecule has 1 aliphatic rings. The van der Waals surface area contributed by atoms with Gasteiger partial charge >= 0.3 is 0 Å². The van der Waals surface area contributed by atoms with Crippen molar-refractivity contribution < 1.29 is 13.2 Å². The molecule has 4 nitrogen and oxygen atoms in total. The smallest absolute Gasteiger partial charge is 0.216 e. The quantitative estimate of drug-likeness (QED) is 0.870. The highest BCUT2D eigenvalue weighted by molar-refractivity contribution is 7.91. The van der Waals surface area contributed by atoms with Gasteiger partial charge in [-0.1, -0.05) is 36.4 Å². The summed E-state index contributed by atoms with van der Waals surface area (Å²) in [5.41, 5.74) is 0.872. The van der Waals surface area contributed by atoms with Gasteiger partial charge in [0.2, 0.25) is 5.90 Å². The van der Waals surface area contributed by atoms with Crippen molar-refractivity contribution in [2.45, 2.75) is 11.0 Å². The molecule has 0 amide bonds. The molecule has 0 saturated carbocycles. The Kier molecular flexibility index (Phi) is 3.75. The number of rotatable bonds is 4. The van der Waals surface area contributed by atoms with Gasteiger partial charge in [-0.15, -0.1) is 0 Å². The Morgan fingerprint density at radius 2 is 1.62 bits per heavy atom. The van der Waals surface area contributed by atoms with Gasteiger partial charge in [-0.3, -0.25) is 0 Å². The Morgan fingerprint density at radius 3 is 2.29 bits per heavy atom. The lowest BCUT2D eigenvalue weighted by Gasteiger charge is -2.12. The largest absolute Gasteiger partial charge is 0.471 e. The van der Waals surface area contributed by atoms with Crippen LogP contribution in [0.1, 0.15) is 5.56 Å². The Bertz CT molecular complexity index is 740. The summed E-state index contributed by atoms with van der Waals surface area (Å²) in [5.74, 6) is 0.459. The van der Waals surface area contributed by atoms with E-state index in [0.29, 0.717) is 17.3 Å². The molecule has 1 heterocycles. The first-order valence-corrected chi connectivity index (χ1v) is 8.35. The lowest BCUT2D eigenvalue weighted by Crippen LogP contribution is -2.24. The van der Waals surface area contributed by atoms with Gasteiger partial charge < -0.3 is 4.74 Å². The second-order valence-corrected chi connectivity index (χ2v) is 6.88. The first-order chi connectivity index (χ1) is 10.1. The summed E-state index contributed by atoms with van der Waals surface area (Å²) in [7, 11) is -3.35. The molecule has 1 aliphatic heterocycles. The van der Waals surface area contributed by atoms with E-state index in [2.05, 4.69) is 4.99 Å². The van der Waals surface area contributed by atoms with E-state index in [1.54, 1.807) is 30.3 Å². The lowest BCUT2D eigenvalue weighted by molar-refractivity contribution is 0.248. The topological polar surface area (TPSA) is 55.7 Å². The Morgan fingerprint density at radius 1 is 1.00 bits per heavy atom. The van der Waals surface area contributed by atoms with Gasteiger partial charge in [0.1, 0.15) is 6.10 Å². The summed E-state index contributed by atoms with van der Waals surface area (Å²) in [6.45, 7) is 0.371. The molecule has 0 saturated heterocycles. The van der Waals surface area contributed by atoms with Crippen molar-refractivity contribution in [3.05, 3.63) is 66.2 Å². The molecule has 0 fully saturated rings. The normalized spacial score (nSPS) is 18.1. The van der Waals surface area contributed by atoms with Gasteiger partial charge in [-0.05, 0) is 24.3 Å². The molecule has 0 bridgehead atoms. The predicted molar refractivity (Wildman–Crippen MR) is 81.2 cm³/mol. The summed E-state index contributed by atoms with van der Waals surface area (Å²) in [6.07, 6.45) is -0.426. The summed E-state index contributed by atoms with van der Waals surface area (Å²) < 4.78 is 30.3. The van der Waals surface area contributed by atoms with Crippen LogP contribution in [0.4, 0.5) is 0 Å². The number of benzene rings is 2. The van der Waals surface area contributed by atoms with Crippen molar-refractivity contribution in [1.29, 1.82) is 0 Å². The van der Waals surface area contributed by atoms with Crippen LogP contribution in [0.5, 0.6) is 0 Å². The molecule has 0 aromatic heterocycles. The molecular weight excluding hydrogens is 286 g/mol. The number of ether oxygens (including phenoxy) is 1. The average molecular weight is 301 g/mol. The third-order valence-corrected chi connectivity index (χ3v) is 5.05. The minimum absolute atomic E-state index is 0.0587. The molecule has 2 aromatic carbocycles. The third-order valence-electron chi connectivity index (χ3n) is 3.25. The number of nitrogens with zero attached hydrogens (tertiary/aromatic N) is 1. The maximum atomic E-state index is 12.3. The molecule has 0 spiro atoms. The summed E-state index contributed by atoms with van der Waals surface area (Å²) in [4.78, 5) is 4.62.